The zero-order valence-electron chi connectivity index (χ0n) is 25.8. The maximum atomic E-state index is 14.7. The van der Waals surface area contributed by atoms with Crippen molar-refractivity contribution in [2.24, 2.45) is 45.5 Å². The molecule has 43 heavy (non-hydrogen) atoms. The fraction of sp³-hybridized carbons (Fsp3) is 0.758. The van der Waals surface area contributed by atoms with E-state index >= 15 is 0 Å². The van der Waals surface area contributed by atoms with Crippen molar-refractivity contribution in [2.45, 2.75) is 94.0 Å². The number of aliphatic hydroxyl groups excluding tert-OH is 2. The molecular weight excluding hydrogens is 566 g/mol. The number of hydrogen-bond donors (Lipinski definition) is 3. The Bertz CT molecular complexity index is 1300. The molecule has 6 aliphatic rings. The van der Waals surface area contributed by atoms with E-state index in [1.807, 2.05) is 30.3 Å². The average Bonchev–Trinajstić information content (AvgIpc) is 3.27. The Balaban J connectivity index is 1.37. The molecule has 3 N–H and O–H groups in total. The van der Waals surface area contributed by atoms with E-state index in [-0.39, 0.29) is 28.4 Å². The van der Waals surface area contributed by atoms with Gasteiger partial charge in [0.25, 0.3) is 0 Å². The SMILES string of the molecule is CC1CCC2C(C)(C)C(=NN3CCOCC3)C(S(=O)c3ccccc3)CC23OC2C(CC13C)C(O)CC1C(=O)NC(O)C12. The van der Waals surface area contributed by atoms with Gasteiger partial charge in [0.15, 0.2) is 0 Å². The summed E-state index contributed by atoms with van der Waals surface area (Å²) in [5.41, 5.74) is -0.433. The number of carbonyl (C=O) groups excluding carboxylic acids is 1. The number of aliphatic hydroxyl groups is 2. The highest BCUT2D eigenvalue weighted by Gasteiger charge is 2.72. The molecule has 9 nitrogen and oxygen atoms in total. The minimum Gasteiger partial charge on any atom is -0.393 e. The van der Waals surface area contributed by atoms with Crippen LogP contribution in [0.5, 0.6) is 0 Å². The standard InChI is InChI=1S/C33H47N3O6S/c1-19-10-11-25-31(2,3)28(35-36-12-14-41-15-13-36)24(43(40)20-8-6-5-7-9-20)18-33(25)32(19,4)17-22-23(37)16-21-26(27(22)42-33)30(39)34-29(21)38/h5-9,19,21-27,30,37,39H,10-18H2,1-4H3,(H,34,38). The number of amides is 1. The third-order valence-electron chi connectivity index (χ3n) is 12.6. The van der Waals surface area contributed by atoms with Crippen molar-refractivity contribution in [3.63, 3.8) is 0 Å². The van der Waals surface area contributed by atoms with Crippen LogP contribution in [0.1, 0.15) is 59.8 Å². The van der Waals surface area contributed by atoms with E-state index in [1.54, 1.807) is 0 Å². The van der Waals surface area contributed by atoms with Gasteiger partial charge < -0.3 is 25.0 Å². The molecule has 3 heterocycles. The van der Waals surface area contributed by atoms with Gasteiger partial charge in [-0.3, -0.25) is 14.0 Å². The lowest BCUT2D eigenvalue weighted by atomic mass is 9.42. The summed E-state index contributed by atoms with van der Waals surface area (Å²) in [6, 6.07) is 9.69. The van der Waals surface area contributed by atoms with Crippen LogP contribution in [0.15, 0.2) is 40.3 Å². The number of hydrogen-bond acceptors (Lipinski definition) is 8. The van der Waals surface area contributed by atoms with Crippen LogP contribution >= 0.6 is 0 Å². The van der Waals surface area contributed by atoms with Gasteiger partial charge in [0.05, 0.1) is 71.8 Å². The molecule has 1 spiro atoms. The predicted octanol–water partition coefficient (Wildman–Crippen LogP) is 2.92. The van der Waals surface area contributed by atoms with Crippen LogP contribution in [0.2, 0.25) is 0 Å². The van der Waals surface area contributed by atoms with Gasteiger partial charge in [0, 0.05) is 22.1 Å². The van der Waals surface area contributed by atoms with E-state index in [0.29, 0.717) is 45.1 Å². The van der Waals surface area contributed by atoms with E-state index in [1.165, 1.54) is 0 Å². The van der Waals surface area contributed by atoms with Gasteiger partial charge in [-0.25, -0.2) is 0 Å². The summed E-state index contributed by atoms with van der Waals surface area (Å²) in [7, 11) is -1.38. The molecule has 3 saturated carbocycles. The summed E-state index contributed by atoms with van der Waals surface area (Å²) in [5.74, 6) is -0.860. The molecule has 0 aromatic heterocycles. The van der Waals surface area contributed by atoms with E-state index < -0.39 is 52.1 Å². The van der Waals surface area contributed by atoms with E-state index in [9.17, 15) is 19.2 Å². The molecule has 3 saturated heterocycles. The Morgan fingerprint density at radius 3 is 2.51 bits per heavy atom. The largest absolute Gasteiger partial charge is 0.393 e. The first-order valence-corrected chi connectivity index (χ1v) is 17.4. The van der Waals surface area contributed by atoms with Gasteiger partial charge in [-0.2, -0.15) is 5.10 Å². The first-order chi connectivity index (χ1) is 20.5. The summed E-state index contributed by atoms with van der Waals surface area (Å²) in [5, 5.41) is 32.2. The predicted molar refractivity (Wildman–Crippen MR) is 162 cm³/mol. The molecule has 0 bridgehead atoms. The molecule has 236 valence electrons. The number of nitrogens with one attached hydrogen (secondary N) is 1. The lowest BCUT2D eigenvalue weighted by molar-refractivity contribution is -0.323. The van der Waals surface area contributed by atoms with Crippen LogP contribution in [0, 0.1) is 40.4 Å². The zero-order valence-corrected chi connectivity index (χ0v) is 26.6. The summed E-state index contributed by atoms with van der Waals surface area (Å²) >= 11 is 0. The molecule has 6 fully saturated rings. The average molecular weight is 614 g/mol. The van der Waals surface area contributed by atoms with Gasteiger partial charge in [-0.05, 0) is 61.5 Å². The summed E-state index contributed by atoms with van der Waals surface area (Å²) in [6.07, 6.45) is 1.48. The van der Waals surface area contributed by atoms with Gasteiger partial charge >= 0.3 is 0 Å². The van der Waals surface area contributed by atoms with E-state index in [0.717, 1.165) is 29.9 Å². The third kappa shape index (κ3) is 4.41. The Hall–Kier alpha value is -1.85. The molecule has 1 aromatic carbocycles. The minimum atomic E-state index is -1.38. The maximum absolute atomic E-state index is 14.7. The van der Waals surface area contributed by atoms with Crippen molar-refractivity contribution in [1.29, 1.82) is 0 Å². The summed E-state index contributed by atoms with van der Waals surface area (Å²) < 4.78 is 27.8. The van der Waals surface area contributed by atoms with E-state index in [4.69, 9.17) is 14.6 Å². The summed E-state index contributed by atoms with van der Waals surface area (Å²) in [6.45, 7) is 11.8. The molecule has 10 heteroatoms. The molecule has 7 rings (SSSR count). The number of rotatable bonds is 3. The number of morpholine rings is 1. The second-order valence-corrected chi connectivity index (χ2v) is 16.4. The second kappa shape index (κ2) is 10.6. The Morgan fingerprint density at radius 1 is 1.07 bits per heavy atom. The molecule has 0 radical (unpaired) electrons. The monoisotopic (exact) mass is 613 g/mol. The van der Waals surface area contributed by atoms with Crippen LogP contribution < -0.4 is 5.32 Å². The highest BCUT2D eigenvalue weighted by Crippen LogP contribution is 2.68. The van der Waals surface area contributed by atoms with Crippen molar-refractivity contribution < 1.29 is 28.7 Å². The molecule has 12 unspecified atom stereocenters. The molecule has 3 aliphatic heterocycles. The highest BCUT2D eigenvalue weighted by molar-refractivity contribution is 7.86. The first-order valence-electron chi connectivity index (χ1n) is 16.2. The smallest absolute Gasteiger partial charge is 0.225 e. The van der Waals surface area contributed by atoms with Crippen LogP contribution in [-0.4, -0.2) is 86.6 Å². The number of nitrogens with zero attached hydrogens (tertiary/aromatic N) is 2. The molecule has 1 aromatic rings. The lowest BCUT2D eigenvalue weighted by Crippen LogP contribution is -2.75. The Kier molecular flexibility index (Phi) is 7.36. The number of hydrazone groups is 1. The fourth-order valence-corrected chi connectivity index (χ4v) is 11.8. The third-order valence-corrected chi connectivity index (χ3v) is 14.2. The van der Waals surface area contributed by atoms with Gasteiger partial charge in [0.1, 0.15) is 6.23 Å². The number of benzene rings is 1. The summed E-state index contributed by atoms with van der Waals surface area (Å²) in [4.78, 5) is 13.6. The topological polar surface area (TPSA) is 121 Å². The fourth-order valence-electron chi connectivity index (χ4n) is 10.1. The highest BCUT2D eigenvalue weighted by atomic mass is 32.2. The van der Waals surface area contributed by atoms with Crippen molar-refractivity contribution >= 4 is 22.4 Å². The Morgan fingerprint density at radius 2 is 1.79 bits per heavy atom. The van der Waals surface area contributed by atoms with Crippen LogP contribution in [0.4, 0.5) is 0 Å². The molecule has 1 amide bonds. The second-order valence-electron chi connectivity index (χ2n) is 14.8. The van der Waals surface area contributed by atoms with Crippen molar-refractivity contribution in [3.05, 3.63) is 30.3 Å². The number of ether oxygens (including phenoxy) is 2. The van der Waals surface area contributed by atoms with Crippen LogP contribution in [0.3, 0.4) is 0 Å². The van der Waals surface area contributed by atoms with Gasteiger partial charge in [0.2, 0.25) is 5.91 Å². The molecule has 12 atom stereocenters. The van der Waals surface area contributed by atoms with Gasteiger partial charge in [-0.15, -0.1) is 0 Å². The zero-order chi connectivity index (χ0) is 30.3. The number of carbonyl (C=O) groups is 1. The van der Waals surface area contributed by atoms with Gasteiger partial charge in [-0.1, -0.05) is 45.9 Å². The lowest BCUT2D eigenvalue weighted by Gasteiger charge is -2.70. The Labute approximate surface area is 257 Å². The normalized spacial score (nSPS) is 47.1. The molecule has 3 aliphatic carbocycles. The molecular formula is C33H47N3O6S. The maximum Gasteiger partial charge on any atom is 0.225 e. The van der Waals surface area contributed by atoms with Crippen molar-refractivity contribution in [3.8, 4) is 0 Å². The van der Waals surface area contributed by atoms with E-state index in [2.05, 4.69) is 38.0 Å². The van der Waals surface area contributed by atoms with Crippen molar-refractivity contribution in [1.82, 2.24) is 10.3 Å². The minimum absolute atomic E-state index is 0.0886. The first kappa shape index (κ1) is 29.8. The quantitative estimate of drug-likeness (QED) is 0.480. The van der Waals surface area contributed by atoms with Crippen molar-refractivity contribution in [2.75, 3.05) is 26.3 Å². The number of fused-ring (bicyclic) bond motifs is 3. The van der Waals surface area contributed by atoms with Crippen LogP contribution in [-0.2, 0) is 25.1 Å². The van der Waals surface area contributed by atoms with Crippen LogP contribution in [0.25, 0.3) is 0 Å².